The van der Waals surface area contributed by atoms with Crippen LogP contribution in [-0.2, 0) is 6.54 Å². The van der Waals surface area contributed by atoms with Gasteiger partial charge in [-0.1, -0.05) is 6.07 Å². The Morgan fingerprint density at radius 2 is 2.05 bits per heavy atom. The van der Waals surface area contributed by atoms with Crippen LogP contribution in [0.5, 0.6) is 0 Å². The van der Waals surface area contributed by atoms with Crippen molar-refractivity contribution in [3.63, 3.8) is 0 Å². The van der Waals surface area contributed by atoms with Crippen molar-refractivity contribution in [3.05, 3.63) is 23.9 Å². The number of halogens is 1. The predicted molar refractivity (Wildman–Crippen MR) is 101 cm³/mol. The molecule has 0 saturated carbocycles. The van der Waals surface area contributed by atoms with Gasteiger partial charge in [-0.2, -0.15) is 0 Å². The van der Waals surface area contributed by atoms with E-state index in [4.69, 9.17) is 0 Å². The van der Waals surface area contributed by atoms with Crippen LogP contribution in [0.25, 0.3) is 0 Å². The maximum Gasteiger partial charge on any atom is 0.191 e. The van der Waals surface area contributed by atoms with E-state index in [0.717, 1.165) is 64.0 Å². The highest BCUT2D eigenvalue weighted by Gasteiger charge is 2.14. The quantitative estimate of drug-likeness (QED) is 0.718. The van der Waals surface area contributed by atoms with E-state index in [1.807, 2.05) is 6.20 Å². The largest absolute Gasteiger partial charge is 0.356 e. The van der Waals surface area contributed by atoms with Gasteiger partial charge in [0.15, 0.2) is 5.96 Å². The van der Waals surface area contributed by atoms with Crippen molar-refractivity contribution in [2.24, 2.45) is 4.99 Å². The third-order valence-electron chi connectivity index (χ3n) is 3.99. The first-order valence-electron chi connectivity index (χ1n) is 7.72. The minimum absolute atomic E-state index is 0. The highest BCUT2D eigenvalue weighted by atomic mass is 127. The molecule has 22 heavy (non-hydrogen) atoms. The van der Waals surface area contributed by atoms with Crippen LogP contribution in [0.15, 0.2) is 23.3 Å². The third kappa shape index (κ3) is 4.70. The van der Waals surface area contributed by atoms with E-state index in [2.05, 4.69) is 49.6 Å². The Balaban J connectivity index is 0.00000176. The zero-order chi connectivity index (χ0) is 14.5. The van der Waals surface area contributed by atoms with Gasteiger partial charge in [-0.05, 0) is 25.1 Å². The lowest BCUT2D eigenvalue weighted by Gasteiger charge is -2.33. The molecular weight excluding hydrogens is 391 g/mol. The van der Waals surface area contributed by atoms with Crippen molar-refractivity contribution in [3.8, 4) is 0 Å². The molecule has 0 bridgehead atoms. The summed E-state index contributed by atoms with van der Waals surface area (Å²) in [5.41, 5.74) is 1.18. The van der Waals surface area contributed by atoms with Gasteiger partial charge in [0.25, 0.3) is 0 Å². The molecular formula is C15H25IN6. The van der Waals surface area contributed by atoms with Crippen LogP contribution >= 0.6 is 24.0 Å². The van der Waals surface area contributed by atoms with Gasteiger partial charge in [-0.25, -0.2) is 4.98 Å². The number of rotatable bonds is 3. The Labute approximate surface area is 149 Å². The maximum atomic E-state index is 4.60. The SMILES string of the molecule is CN1CCN(c2ccc(CNC3=NCCCN3)cn2)CC1.I. The smallest absolute Gasteiger partial charge is 0.191 e. The van der Waals surface area contributed by atoms with Crippen LogP contribution in [0.1, 0.15) is 12.0 Å². The summed E-state index contributed by atoms with van der Waals surface area (Å²) in [5, 5.41) is 6.58. The molecule has 1 aromatic rings. The summed E-state index contributed by atoms with van der Waals surface area (Å²) in [6.45, 7) is 7.01. The van der Waals surface area contributed by atoms with E-state index in [-0.39, 0.29) is 24.0 Å². The molecule has 1 fully saturated rings. The Bertz CT molecular complexity index is 481. The van der Waals surface area contributed by atoms with Crippen LogP contribution in [0.3, 0.4) is 0 Å². The first-order valence-corrected chi connectivity index (χ1v) is 7.72. The summed E-state index contributed by atoms with van der Waals surface area (Å²) in [6, 6.07) is 4.27. The van der Waals surface area contributed by atoms with Gasteiger partial charge in [0.1, 0.15) is 5.82 Å². The Kier molecular flexibility index (Phi) is 6.69. The summed E-state index contributed by atoms with van der Waals surface area (Å²) in [7, 11) is 2.17. The van der Waals surface area contributed by atoms with Gasteiger partial charge in [-0.15, -0.1) is 24.0 Å². The third-order valence-corrected chi connectivity index (χ3v) is 3.99. The van der Waals surface area contributed by atoms with E-state index < -0.39 is 0 Å². The number of piperazine rings is 1. The van der Waals surface area contributed by atoms with Crippen molar-refractivity contribution < 1.29 is 0 Å². The molecule has 7 heteroatoms. The first-order chi connectivity index (χ1) is 10.3. The molecule has 0 amide bonds. The van der Waals surface area contributed by atoms with Crippen molar-refractivity contribution in [2.45, 2.75) is 13.0 Å². The number of anilines is 1. The molecule has 122 valence electrons. The molecule has 6 nitrogen and oxygen atoms in total. The van der Waals surface area contributed by atoms with E-state index in [1.165, 1.54) is 5.56 Å². The molecule has 2 N–H and O–H groups in total. The van der Waals surface area contributed by atoms with Gasteiger partial charge in [-0.3, -0.25) is 4.99 Å². The monoisotopic (exact) mass is 416 g/mol. The van der Waals surface area contributed by atoms with Gasteiger partial charge >= 0.3 is 0 Å². The highest BCUT2D eigenvalue weighted by molar-refractivity contribution is 14.0. The fourth-order valence-corrected chi connectivity index (χ4v) is 2.58. The summed E-state index contributed by atoms with van der Waals surface area (Å²) >= 11 is 0. The normalized spacial score (nSPS) is 19.0. The van der Waals surface area contributed by atoms with E-state index in [0.29, 0.717) is 0 Å². The van der Waals surface area contributed by atoms with Crippen LogP contribution < -0.4 is 15.5 Å². The standard InChI is InChI=1S/C15H24N6.HI/c1-20-7-9-21(10-8-20)14-4-3-13(11-18-14)12-19-15-16-5-2-6-17-15;/h3-4,11H,2,5-10,12H2,1H3,(H2,16,17,19);1H. The van der Waals surface area contributed by atoms with Crippen molar-refractivity contribution in [2.75, 3.05) is 51.2 Å². The number of hydrogen-bond donors (Lipinski definition) is 2. The molecule has 3 rings (SSSR count). The second-order valence-corrected chi connectivity index (χ2v) is 5.68. The molecule has 2 aliphatic heterocycles. The van der Waals surface area contributed by atoms with Gasteiger partial charge < -0.3 is 20.4 Å². The molecule has 1 aromatic heterocycles. The summed E-state index contributed by atoms with van der Waals surface area (Å²) in [4.78, 5) is 13.7. The number of aromatic nitrogens is 1. The van der Waals surface area contributed by atoms with Gasteiger partial charge in [0, 0.05) is 52.0 Å². The molecule has 2 aliphatic rings. The summed E-state index contributed by atoms with van der Waals surface area (Å²) < 4.78 is 0. The van der Waals surface area contributed by atoms with Gasteiger partial charge in [0.05, 0.1) is 0 Å². The number of nitrogens with zero attached hydrogens (tertiary/aromatic N) is 4. The van der Waals surface area contributed by atoms with Gasteiger partial charge in [0.2, 0.25) is 0 Å². The number of guanidine groups is 1. The van der Waals surface area contributed by atoms with Crippen LogP contribution in [-0.4, -0.2) is 62.2 Å². The lowest BCUT2D eigenvalue weighted by Crippen LogP contribution is -2.44. The molecule has 0 spiro atoms. The Morgan fingerprint density at radius 3 is 2.68 bits per heavy atom. The second kappa shape index (κ2) is 8.52. The van der Waals surface area contributed by atoms with Crippen LogP contribution in [0.2, 0.25) is 0 Å². The maximum absolute atomic E-state index is 4.60. The number of aliphatic imine (C=N–C) groups is 1. The molecule has 0 aliphatic carbocycles. The van der Waals surface area contributed by atoms with E-state index in [1.54, 1.807) is 0 Å². The first kappa shape index (κ1) is 17.3. The topological polar surface area (TPSA) is 55.8 Å². The average molecular weight is 416 g/mol. The molecule has 0 unspecified atom stereocenters. The number of likely N-dealkylation sites (N-methyl/N-ethyl adjacent to an activating group) is 1. The Morgan fingerprint density at radius 1 is 1.23 bits per heavy atom. The van der Waals surface area contributed by atoms with Crippen molar-refractivity contribution in [1.82, 2.24) is 20.5 Å². The lowest BCUT2D eigenvalue weighted by molar-refractivity contribution is 0.312. The molecule has 3 heterocycles. The fraction of sp³-hybridized carbons (Fsp3) is 0.600. The molecule has 0 radical (unpaired) electrons. The number of nitrogens with one attached hydrogen (secondary N) is 2. The van der Waals surface area contributed by atoms with Crippen LogP contribution in [0, 0.1) is 0 Å². The molecule has 1 saturated heterocycles. The predicted octanol–water partition coefficient (Wildman–Crippen LogP) is 0.890. The summed E-state index contributed by atoms with van der Waals surface area (Å²) in [5.74, 6) is 1.99. The zero-order valence-electron chi connectivity index (χ0n) is 13.1. The lowest BCUT2D eigenvalue weighted by atomic mass is 10.2. The minimum atomic E-state index is 0. The molecule has 0 aromatic carbocycles. The van der Waals surface area contributed by atoms with E-state index in [9.17, 15) is 0 Å². The highest BCUT2D eigenvalue weighted by Crippen LogP contribution is 2.13. The minimum Gasteiger partial charge on any atom is -0.356 e. The number of hydrogen-bond acceptors (Lipinski definition) is 6. The van der Waals surface area contributed by atoms with Crippen LogP contribution in [0.4, 0.5) is 5.82 Å². The van der Waals surface area contributed by atoms with Crippen molar-refractivity contribution >= 4 is 35.8 Å². The molecule has 0 atom stereocenters. The number of pyridine rings is 1. The average Bonchev–Trinajstić information content (AvgIpc) is 2.55. The zero-order valence-corrected chi connectivity index (χ0v) is 15.4. The second-order valence-electron chi connectivity index (χ2n) is 5.68. The van der Waals surface area contributed by atoms with E-state index >= 15 is 0 Å². The fourth-order valence-electron chi connectivity index (χ4n) is 2.58. The van der Waals surface area contributed by atoms with Crippen molar-refractivity contribution in [1.29, 1.82) is 0 Å². The Hall–Kier alpha value is -1.09. The summed E-state index contributed by atoms with van der Waals surface area (Å²) in [6.07, 6.45) is 3.08.